The molecule has 1 saturated carbocycles. The van der Waals surface area contributed by atoms with E-state index in [1.807, 2.05) is 29.6 Å². The lowest BCUT2D eigenvalue weighted by Gasteiger charge is -2.28. The quantitative estimate of drug-likeness (QED) is 0.557. The van der Waals surface area contributed by atoms with E-state index in [1.54, 1.807) is 18.6 Å². The maximum absolute atomic E-state index is 12.7. The molecule has 1 N–H and O–H groups in total. The Morgan fingerprint density at radius 1 is 1.16 bits per heavy atom. The van der Waals surface area contributed by atoms with E-state index < -0.39 is 0 Å². The van der Waals surface area contributed by atoms with Crippen LogP contribution in [0.4, 0.5) is 0 Å². The summed E-state index contributed by atoms with van der Waals surface area (Å²) in [5, 5.41) is 5.76. The molecule has 1 aliphatic rings. The third-order valence-electron chi connectivity index (χ3n) is 5.15. The van der Waals surface area contributed by atoms with Crippen molar-refractivity contribution in [2.75, 3.05) is 6.61 Å². The number of aromatic nitrogens is 3. The van der Waals surface area contributed by atoms with Crippen LogP contribution in [-0.2, 0) is 0 Å². The first-order valence-corrected chi connectivity index (χ1v) is 11.5. The maximum atomic E-state index is 12.7. The molecule has 0 saturated heterocycles. The SMILES string of the molecule is CCCOc1ccc(-c2nc(C(=O)NC3CCC(Oc4cnccn4)CC3)cs2)cc1. The van der Waals surface area contributed by atoms with Crippen molar-refractivity contribution in [3.63, 3.8) is 0 Å². The Labute approximate surface area is 185 Å². The Hall–Kier alpha value is -3.00. The molecule has 3 aromatic rings. The highest BCUT2D eigenvalue weighted by Crippen LogP contribution is 2.27. The van der Waals surface area contributed by atoms with Crippen molar-refractivity contribution < 1.29 is 14.3 Å². The number of hydrogen-bond donors (Lipinski definition) is 1. The van der Waals surface area contributed by atoms with Crippen molar-refractivity contribution in [2.45, 2.75) is 51.2 Å². The lowest BCUT2D eigenvalue weighted by molar-refractivity contribution is 0.0885. The van der Waals surface area contributed by atoms with E-state index in [-0.39, 0.29) is 18.1 Å². The number of amides is 1. The van der Waals surface area contributed by atoms with Crippen molar-refractivity contribution in [1.29, 1.82) is 0 Å². The molecular formula is C23H26N4O3S. The molecule has 1 fully saturated rings. The number of carbonyl (C=O) groups excluding carboxylic acids is 1. The summed E-state index contributed by atoms with van der Waals surface area (Å²) < 4.78 is 11.5. The normalized spacial score (nSPS) is 18.4. The number of benzene rings is 1. The van der Waals surface area contributed by atoms with Gasteiger partial charge in [0.15, 0.2) is 0 Å². The van der Waals surface area contributed by atoms with Crippen LogP contribution < -0.4 is 14.8 Å². The van der Waals surface area contributed by atoms with Gasteiger partial charge < -0.3 is 14.8 Å². The van der Waals surface area contributed by atoms with E-state index in [2.05, 4.69) is 27.2 Å². The molecule has 162 valence electrons. The van der Waals surface area contributed by atoms with Gasteiger partial charge in [0.2, 0.25) is 5.88 Å². The highest BCUT2D eigenvalue weighted by molar-refractivity contribution is 7.13. The molecule has 1 aliphatic carbocycles. The van der Waals surface area contributed by atoms with Gasteiger partial charge in [-0.2, -0.15) is 0 Å². The van der Waals surface area contributed by atoms with Crippen LogP contribution in [0, 0.1) is 0 Å². The van der Waals surface area contributed by atoms with E-state index >= 15 is 0 Å². The van der Waals surface area contributed by atoms with Crippen LogP contribution >= 0.6 is 11.3 Å². The zero-order valence-electron chi connectivity index (χ0n) is 17.5. The maximum Gasteiger partial charge on any atom is 0.270 e. The molecule has 31 heavy (non-hydrogen) atoms. The van der Waals surface area contributed by atoms with Gasteiger partial charge in [-0.05, 0) is 56.4 Å². The van der Waals surface area contributed by atoms with Crippen LogP contribution in [0.1, 0.15) is 49.5 Å². The number of nitrogens with one attached hydrogen (secondary N) is 1. The predicted octanol–water partition coefficient (Wildman–Crippen LogP) is 4.51. The molecule has 0 unspecified atom stereocenters. The summed E-state index contributed by atoms with van der Waals surface area (Å²) in [6, 6.07) is 7.96. The summed E-state index contributed by atoms with van der Waals surface area (Å²) >= 11 is 1.47. The minimum Gasteiger partial charge on any atom is -0.494 e. The predicted molar refractivity (Wildman–Crippen MR) is 120 cm³/mol. The average molecular weight is 439 g/mol. The standard InChI is InChI=1S/C23H26N4O3S/c1-2-13-29-18-7-3-16(4-8-18)23-27-20(15-31-23)22(28)26-17-5-9-19(10-6-17)30-21-14-24-11-12-25-21/h3-4,7-8,11-12,14-15,17,19H,2,5-6,9-10,13H2,1H3,(H,26,28). The van der Waals surface area contributed by atoms with Gasteiger partial charge in [-0.15, -0.1) is 11.3 Å². The van der Waals surface area contributed by atoms with Crippen LogP contribution in [0.15, 0.2) is 48.2 Å². The fraction of sp³-hybridized carbons (Fsp3) is 0.391. The Morgan fingerprint density at radius 2 is 1.97 bits per heavy atom. The first kappa shape index (κ1) is 21.2. The molecule has 1 aromatic carbocycles. The van der Waals surface area contributed by atoms with E-state index in [9.17, 15) is 4.79 Å². The minimum absolute atomic E-state index is 0.111. The van der Waals surface area contributed by atoms with Crippen molar-refractivity contribution >= 4 is 17.2 Å². The highest BCUT2D eigenvalue weighted by atomic mass is 32.1. The third-order valence-corrected chi connectivity index (χ3v) is 6.04. The lowest BCUT2D eigenvalue weighted by Crippen LogP contribution is -2.39. The van der Waals surface area contributed by atoms with Gasteiger partial charge in [0, 0.05) is 29.4 Å². The Morgan fingerprint density at radius 3 is 2.68 bits per heavy atom. The molecule has 8 heteroatoms. The van der Waals surface area contributed by atoms with Crippen molar-refractivity contribution in [3.8, 4) is 22.2 Å². The van der Waals surface area contributed by atoms with Gasteiger partial charge in [0.25, 0.3) is 5.91 Å². The van der Waals surface area contributed by atoms with Crippen LogP contribution in [0.2, 0.25) is 0 Å². The second kappa shape index (κ2) is 10.3. The number of carbonyl (C=O) groups is 1. The van der Waals surface area contributed by atoms with E-state index in [0.29, 0.717) is 18.2 Å². The second-order valence-corrected chi connectivity index (χ2v) is 8.38. The van der Waals surface area contributed by atoms with Crippen molar-refractivity contribution in [3.05, 3.63) is 53.9 Å². The smallest absolute Gasteiger partial charge is 0.270 e. The number of rotatable bonds is 8. The Kier molecular flexibility index (Phi) is 7.09. The third kappa shape index (κ3) is 5.79. The fourth-order valence-corrected chi connectivity index (χ4v) is 4.33. The number of thiazole rings is 1. The van der Waals surface area contributed by atoms with Crippen molar-refractivity contribution in [2.24, 2.45) is 0 Å². The molecule has 2 heterocycles. The molecule has 2 aromatic heterocycles. The average Bonchev–Trinajstić information content (AvgIpc) is 3.31. The number of nitrogens with zero attached hydrogens (tertiary/aromatic N) is 3. The molecule has 0 bridgehead atoms. The summed E-state index contributed by atoms with van der Waals surface area (Å²) in [4.78, 5) is 25.4. The van der Waals surface area contributed by atoms with Gasteiger partial charge >= 0.3 is 0 Å². The highest BCUT2D eigenvalue weighted by Gasteiger charge is 2.25. The first-order chi connectivity index (χ1) is 15.2. The molecule has 0 aliphatic heterocycles. The van der Waals surface area contributed by atoms with Gasteiger partial charge in [-0.25, -0.2) is 9.97 Å². The summed E-state index contributed by atoms with van der Waals surface area (Å²) in [5.74, 6) is 1.28. The largest absolute Gasteiger partial charge is 0.494 e. The molecule has 7 nitrogen and oxygen atoms in total. The zero-order chi connectivity index (χ0) is 21.5. The van der Waals surface area contributed by atoms with E-state index in [4.69, 9.17) is 9.47 Å². The van der Waals surface area contributed by atoms with Crippen molar-refractivity contribution in [1.82, 2.24) is 20.3 Å². The van der Waals surface area contributed by atoms with Gasteiger partial charge in [0.1, 0.15) is 22.6 Å². The summed E-state index contributed by atoms with van der Waals surface area (Å²) in [6.45, 7) is 2.78. The molecule has 0 radical (unpaired) electrons. The second-order valence-electron chi connectivity index (χ2n) is 7.52. The van der Waals surface area contributed by atoms with Crippen LogP contribution in [0.3, 0.4) is 0 Å². The number of ether oxygens (including phenoxy) is 2. The Bertz CT molecular complexity index is 970. The topological polar surface area (TPSA) is 86.2 Å². The minimum atomic E-state index is -0.122. The molecule has 1 amide bonds. The van der Waals surface area contributed by atoms with E-state index in [0.717, 1.165) is 48.4 Å². The first-order valence-electron chi connectivity index (χ1n) is 10.6. The summed E-state index contributed by atoms with van der Waals surface area (Å²) in [7, 11) is 0. The fourth-order valence-electron chi connectivity index (χ4n) is 3.53. The van der Waals surface area contributed by atoms with Crippen LogP contribution in [0.25, 0.3) is 10.6 Å². The molecule has 0 atom stereocenters. The Balaban J connectivity index is 1.27. The lowest BCUT2D eigenvalue weighted by atomic mass is 9.93. The summed E-state index contributed by atoms with van der Waals surface area (Å²) in [5.41, 5.74) is 1.44. The zero-order valence-corrected chi connectivity index (χ0v) is 18.3. The van der Waals surface area contributed by atoms with Gasteiger partial charge in [-0.1, -0.05) is 6.92 Å². The van der Waals surface area contributed by atoms with Gasteiger partial charge in [-0.3, -0.25) is 9.78 Å². The van der Waals surface area contributed by atoms with Crippen LogP contribution in [-0.4, -0.2) is 39.6 Å². The molecule has 0 spiro atoms. The molecular weight excluding hydrogens is 412 g/mol. The monoisotopic (exact) mass is 438 g/mol. The summed E-state index contributed by atoms with van der Waals surface area (Å²) in [6.07, 6.45) is 9.44. The molecule has 4 rings (SSSR count). The van der Waals surface area contributed by atoms with Gasteiger partial charge in [0.05, 0.1) is 12.8 Å². The van der Waals surface area contributed by atoms with Crippen LogP contribution in [0.5, 0.6) is 11.6 Å². The van der Waals surface area contributed by atoms with E-state index in [1.165, 1.54) is 11.3 Å². The number of hydrogen-bond acceptors (Lipinski definition) is 7.